The zero-order valence-electron chi connectivity index (χ0n) is 11.0. The number of hydrazone groups is 1. The molecule has 0 aliphatic carbocycles. The molecule has 3 N–H and O–H groups in total. The minimum Gasteiger partial charge on any atom is -0.493 e. The molecule has 0 amide bonds. The van der Waals surface area contributed by atoms with Crippen LogP contribution in [0, 0.1) is 0 Å². The maximum absolute atomic E-state index is 10.5. The third-order valence-electron chi connectivity index (χ3n) is 2.26. The van der Waals surface area contributed by atoms with E-state index in [1.165, 1.54) is 13.3 Å². The van der Waals surface area contributed by atoms with E-state index in [1.54, 1.807) is 18.2 Å². The predicted molar refractivity (Wildman–Crippen MR) is 71.5 cm³/mol. The van der Waals surface area contributed by atoms with Crippen molar-refractivity contribution in [2.24, 2.45) is 5.10 Å². The Morgan fingerprint density at radius 2 is 2.38 bits per heavy atom. The highest BCUT2D eigenvalue weighted by molar-refractivity contribution is 5.81. The van der Waals surface area contributed by atoms with Gasteiger partial charge in [0.15, 0.2) is 18.1 Å². The van der Waals surface area contributed by atoms with Crippen LogP contribution in [0.15, 0.2) is 23.3 Å². The number of carboxylic acid groups (broad SMARTS) is 1. The summed E-state index contributed by atoms with van der Waals surface area (Å²) in [6.07, 6.45) is 1.51. The SMILES string of the molecule is COc1cc(/C=N\Nc2nn[nH]n2)ccc1OCC(=O)O. The number of nitrogens with one attached hydrogen (secondary N) is 2. The van der Waals surface area contributed by atoms with Gasteiger partial charge in [0.25, 0.3) is 5.95 Å². The number of aromatic nitrogens is 4. The molecule has 1 aromatic heterocycles. The van der Waals surface area contributed by atoms with Crippen LogP contribution in [0.1, 0.15) is 5.56 Å². The first-order valence-corrected chi connectivity index (χ1v) is 5.74. The number of ether oxygens (including phenoxy) is 2. The van der Waals surface area contributed by atoms with E-state index in [0.29, 0.717) is 17.1 Å². The number of aliphatic carboxylic acids is 1. The van der Waals surface area contributed by atoms with Crippen molar-refractivity contribution < 1.29 is 19.4 Å². The van der Waals surface area contributed by atoms with Crippen molar-refractivity contribution in [2.45, 2.75) is 0 Å². The highest BCUT2D eigenvalue weighted by Gasteiger charge is 2.07. The Morgan fingerprint density at radius 3 is 3.05 bits per heavy atom. The van der Waals surface area contributed by atoms with E-state index in [1.807, 2.05) is 0 Å². The van der Waals surface area contributed by atoms with E-state index < -0.39 is 12.6 Å². The summed E-state index contributed by atoms with van der Waals surface area (Å²) in [5, 5.41) is 25.5. The summed E-state index contributed by atoms with van der Waals surface area (Å²) < 4.78 is 10.2. The van der Waals surface area contributed by atoms with E-state index in [9.17, 15) is 4.79 Å². The van der Waals surface area contributed by atoms with Crippen molar-refractivity contribution in [3.63, 3.8) is 0 Å². The molecule has 2 aromatic rings. The number of anilines is 1. The topological polar surface area (TPSA) is 135 Å². The summed E-state index contributed by atoms with van der Waals surface area (Å²) >= 11 is 0. The first kappa shape index (κ1) is 14.2. The van der Waals surface area contributed by atoms with Crippen LogP contribution in [-0.2, 0) is 4.79 Å². The standard InChI is InChI=1S/C11H12N6O4/c1-20-9-4-7(2-3-8(9)21-6-10(18)19)5-12-13-11-14-16-17-15-11/h2-5H,6H2,1H3,(H,18,19)(H2,13,14,15,16,17)/b12-5-. The Balaban J connectivity index is 2.03. The highest BCUT2D eigenvalue weighted by atomic mass is 16.5. The van der Waals surface area contributed by atoms with Crippen LogP contribution in [-0.4, -0.2) is 51.6 Å². The number of hydrogen-bond acceptors (Lipinski definition) is 8. The molecule has 0 saturated heterocycles. The molecule has 0 bridgehead atoms. The first-order valence-electron chi connectivity index (χ1n) is 5.74. The third kappa shape index (κ3) is 4.16. The summed E-state index contributed by atoms with van der Waals surface area (Å²) in [4.78, 5) is 10.5. The van der Waals surface area contributed by atoms with Crippen LogP contribution in [0.2, 0.25) is 0 Å². The number of H-pyrrole nitrogens is 1. The zero-order chi connectivity index (χ0) is 15.1. The highest BCUT2D eigenvalue weighted by Crippen LogP contribution is 2.27. The first-order chi connectivity index (χ1) is 10.2. The second kappa shape index (κ2) is 6.84. The quantitative estimate of drug-likeness (QED) is 0.483. The maximum atomic E-state index is 10.5. The van der Waals surface area contributed by atoms with Crippen LogP contribution in [0.25, 0.3) is 0 Å². The van der Waals surface area contributed by atoms with Crippen molar-refractivity contribution in [1.82, 2.24) is 20.6 Å². The Bertz CT molecular complexity index is 628. The molecule has 110 valence electrons. The van der Waals surface area contributed by atoms with Crippen molar-refractivity contribution in [1.29, 1.82) is 0 Å². The van der Waals surface area contributed by atoms with Gasteiger partial charge in [0, 0.05) is 0 Å². The lowest BCUT2D eigenvalue weighted by Crippen LogP contribution is -2.10. The Labute approximate surface area is 118 Å². The number of rotatable bonds is 7. The van der Waals surface area contributed by atoms with Gasteiger partial charge in [-0.3, -0.25) is 0 Å². The fourth-order valence-electron chi connectivity index (χ4n) is 1.40. The lowest BCUT2D eigenvalue weighted by Gasteiger charge is -2.09. The molecule has 21 heavy (non-hydrogen) atoms. The van der Waals surface area contributed by atoms with E-state index in [4.69, 9.17) is 14.6 Å². The molecule has 0 aliphatic rings. The molecule has 2 rings (SSSR count). The predicted octanol–water partition coefficient (Wildman–Crippen LogP) is 0.118. The number of nitrogens with zero attached hydrogens (tertiary/aromatic N) is 4. The van der Waals surface area contributed by atoms with Gasteiger partial charge < -0.3 is 14.6 Å². The van der Waals surface area contributed by atoms with Gasteiger partial charge in [-0.2, -0.15) is 10.3 Å². The fraction of sp³-hybridized carbons (Fsp3) is 0.182. The molecule has 1 heterocycles. The average Bonchev–Trinajstić information content (AvgIpc) is 2.98. The van der Waals surface area contributed by atoms with Gasteiger partial charge >= 0.3 is 5.97 Å². The Hall–Kier alpha value is -3.17. The molecular formula is C11H12N6O4. The molecule has 0 unspecified atom stereocenters. The van der Waals surface area contributed by atoms with Crippen molar-refractivity contribution >= 4 is 18.1 Å². The minimum absolute atomic E-state index is 0.236. The van der Waals surface area contributed by atoms with Gasteiger partial charge in [0.05, 0.1) is 13.3 Å². The van der Waals surface area contributed by atoms with Crippen LogP contribution in [0.4, 0.5) is 5.95 Å². The molecule has 10 heteroatoms. The summed E-state index contributed by atoms with van der Waals surface area (Å²) in [6, 6.07) is 4.94. The molecule has 0 fully saturated rings. The lowest BCUT2D eigenvalue weighted by molar-refractivity contribution is -0.139. The number of carbonyl (C=O) groups is 1. The monoisotopic (exact) mass is 292 g/mol. The summed E-state index contributed by atoms with van der Waals surface area (Å²) in [5.41, 5.74) is 3.28. The van der Waals surface area contributed by atoms with E-state index in [-0.39, 0.29) is 5.95 Å². The van der Waals surface area contributed by atoms with Gasteiger partial charge in [0.1, 0.15) is 0 Å². The number of benzene rings is 1. The molecule has 0 aliphatic heterocycles. The number of tetrazole rings is 1. The van der Waals surface area contributed by atoms with Crippen LogP contribution >= 0.6 is 0 Å². The normalized spacial score (nSPS) is 10.5. The van der Waals surface area contributed by atoms with Crippen molar-refractivity contribution in [3.05, 3.63) is 23.8 Å². The van der Waals surface area contributed by atoms with Gasteiger partial charge in [-0.15, -0.1) is 5.10 Å². The fourth-order valence-corrected chi connectivity index (χ4v) is 1.40. The Kier molecular flexibility index (Phi) is 4.64. The largest absolute Gasteiger partial charge is 0.493 e. The van der Waals surface area contributed by atoms with Crippen LogP contribution in [0.5, 0.6) is 11.5 Å². The summed E-state index contributed by atoms with van der Waals surface area (Å²) in [5.74, 6) is -0.0884. The van der Waals surface area contributed by atoms with Gasteiger partial charge in [-0.1, -0.05) is 5.10 Å². The second-order valence-corrected chi connectivity index (χ2v) is 3.70. The summed E-state index contributed by atoms with van der Waals surface area (Å²) in [6.45, 7) is -0.441. The number of methoxy groups -OCH3 is 1. The molecule has 1 aromatic carbocycles. The molecular weight excluding hydrogens is 280 g/mol. The Morgan fingerprint density at radius 1 is 1.52 bits per heavy atom. The zero-order valence-corrected chi connectivity index (χ0v) is 11.0. The second-order valence-electron chi connectivity index (χ2n) is 3.70. The van der Waals surface area contributed by atoms with Crippen molar-refractivity contribution in [3.8, 4) is 11.5 Å². The maximum Gasteiger partial charge on any atom is 0.341 e. The van der Waals surface area contributed by atoms with E-state index in [2.05, 4.69) is 31.2 Å². The van der Waals surface area contributed by atoms with Gasteiger partial charge in [-0.25, -0.2) is 10.2 Å². The van der Waals surface area contributed by atoms with Crippen LogP contribution in [0.3, 0.4) is 0 Å². The van der Waals surface area contributed by atoms with Gasteiger partial charge in [0.2, 0.25) is 0 Å². The summed E-state index contributed by atoms with van der Waals surface area (Å²) in [7, 11) is 1.46. The molecule has 0 spiro atoms. The smallest absolute Gasteiger partial charge is 0.341 e. The van der Waals surface area contributed by atoms with Crippen LogP contribution < -0.4 is 14.9 Å². The molecule has 0 radical (unpaired) electrons. The van der Waals surface area contributed by atoms with E-state index >= 15 is 0 Å². The molecule has 0 saturated carbocycles. The number of aromatic amines is 1. The number of carboxylic acids is 1. The van der Waals surface area contributed by atoms with Gasteiger partial charge in [-0.05, 0) is 29.0 Å². The molecule has 0 atom stereocenters. The van der Waals surface area contributed by atoms with Crippen molar-refractivity contribution in [2.75, 3.05) is 19.1 Å². The average molecular weight is 292 g/mol. The van der Waals surface area contributed by atoms with E-state index in [0.717, 1.165) is 0 Å². The minimum atomic E-state index is -1.06. The number of hydrogen-bond donors (Lipinski definition) is 3. The third-order valence-corrected chi connectivity index (χ3v) is 2.26. The molecule has 10 nitrogen and oxygen atoms in total. The lowest BCUT2D eigenvalue weighted by atomic mass is 10.2.